The van der Waals surface area contributed by atoms with Crippen LogP contribution in [0.2, 0.25) is 0 Å². The van der Waals surface area contributed by atoms with Crippen molar-refractivity contribution in [2.75, 3.05) is 0 Å². The Labute approximate surface area is 101 Å². The Kier molecular flexibility index (Phi) is 3.24. The third-order valence-corrected chi connectivity index (χ3v) is 2.70. The number of aromatic nitrogens is 3. The molecule has 0 fully saturated rings. The SMILES string of the molecule is CCc1cc(C(C)O)n(-c2ccnc(C)c2)n1. The van der Waals surface area contributed by atoms with Crippen molar-refractivity contribution in [2.45, 2.75) is 33.3 Å². The van der Waals surface area contributed by atoms with Crippen LogP contribution < -0.4 is 0 Å². The van der Waals surface area contributed by atoms with Crippen LogP contribution in [0.4, 0.5) is 0 Å². The summed E-state index contributed by atoms with van der Waals surface area (Å²) in [5.74, 6) is 0. The molecule has 90 valence electrons. The summed E-state index contributed by atoms with van der Waals surface area (Å²) in [6.45, 7) is 5.74. The van der Waals surface area contributed by atoms with Crippen molar-refractivity contribution in [1.82, 2.24) is 14.8 Å². The first-order valence-electron chi connectivity index (χ1n) is 5.81. The van der Waals surface area contributed by atoms with Gasteiger partial charge in [-0.2, -0.15) is 5.10 Å². The molecule has 2 aromatic heterocycles. The average Bonchev–Trinajstić information content (AvgIpc) is 2.73. The lowest BCUT2D eigenvalue weighted by molar-refractivity contribution is 0.191. The minimum Gasteiger partial charge on any atom is -0.387 e. The molecule has 4 heteroatoms. The first kappa shape index (κ1) is 11.8. The predicted octanol–water partition coefficient (Wildman–Crippen LogP) is 2.19. The molecule has 0 bridgehead atoms. The van der Waals surface area contributed by atoms with Gasteiger partial charge in [-0.3, -0.25) is 4.98 Å². The number of hydrogen-bond acceptors (Lipinski definition) is 3. The highest BCUT2D eigenvalue weighted by Gasteiger charge is 2.13. The van der Waals surface area contributed by atoms with E-state index >= 15 is 0 Å². The molecular formula is C13H17N3O. The standard InChI is InChI=1S/C13H17N3O/c1-4-11-8-13(10(3)17)16(15-11)12-5-6-14-9(2)7-12/h5-8,10,17H,4H2,1-3H3. The summed E-state index contributed by atoms with van der Waals surface area (Å²) in [4.78, 5) is 4.16. The molecule has 2 rings (SSSR count). The summed E-state index contributed by atoms with van der Waals surface area (Å²) >= 11 is 0. The zero-order valence-corrected chi connectivity index (χ0v) is 10.4. The third kappa shape index (κ3) is 2.36. The Bertz CT molecular complexity index is 517. The van der Waals surface area contributed by atoms with Crippen LogP contribution in [0.3, 0.4) is 0 Å². The minimum atomic E-state index is -0.531. The number of nitrogens with zero attached hydrogens (tertiary/aromatic N) is 3. The van der Waals surface area contributed by atoms with E-state index < -0.39 is 6.10 Å². The Morgan fingerprint density at radius 1 is 1.41 bits per heavy atom. The van der Waals surface area contributed by atoms with Gasteiger partial charge in [0.05, 0.1) is 23.2 Å². The molecule has 0 amide bonds. The zero-order valence-electron chi connectivity index (χ0n) is 10.4. The Balaban J connectivity index is 2.53. The molecule has 4 nitrogen and oxygen atoms in total. The van der Waals surface area contributed by atoms with E-state index in [-0.39, 0.29) is 0 Å². The number of pyridine rings is 1. The van der Waals surface area contributed by atoms with E-state index in [0.29, 0.717) is 0 Å². The molecule has 0 aliphatic rings. The Morgan fingerprint density at radius 2 is 2.18 bits per heavy atom. The highest BCUT2D eigenvalue weighted by Crippen LogP contribution is 2.19. The molecule has 0 aliphatic carbocycles. The molecule has 1 unspecified atom stereocenters. The first-order valence-corrected chi connectivity index (χ1v) is 5.81. The molecular weight excluding hydrogens is 214 g/mol. The van der Waals surface area contributed by atoms with Crippen LogP contribution in [0.5, 0.6) is 0 Å². The number of aliphatic hydroxyl groups excluding tert-OH is 1. The van der Waals surface area contributed by atoms with E-state index in [9.17, 15) is 5.11 Å². The lowest BCUT2D eigenvalue weighted by Crippen LogP contribution is -2.05. The Hall–Kier alpha value is -1.68. The highest BCUT2D eigenvalue weighted by atomic mass is 16.3. The van der Waals surface area contributed by atoms with Gasteiger partial charge in [0.2, 0.25) is 0 Å². The highest BCUT2D eigenvalue weighted by molar-refractivity contribution is 5.34. The molecule has 0 radical (unpaired) electrons. The van der Waals surface area contributed by atoms with Crippen molar-refractivity contribution < 1.29 is 5.11 Å². The van der Waals surface area contributed by atoms with Gasteiger partial charge in [0.1, 0.15) is 0 Å². The number of aryl methyl sites for hydroxylation is 2. The smallest absolute Gasteiger partial charge is 0.0933 e. The van der Waals surface area contributed by atoms with Crippen LogP contribution in [-0.4, -0.2) is 19.9 Å². The topological polar surface area (TPSA) is 50.9 Å². The van der Waals surface area contributed by atoms with Crippen molar-refractivity contribution in [1.29, 1.82) is 0 Å². The summed E-state index contributed by atoms with van der Waals surface area (Å²) in [6, 6.07) is 5.80. The second-order valence-corrected chi connectivity index (χ2v) is 4.16. The molecule has 2 aromatic rings. The predicted molar refractivity (Wildman–Crippen MR) is 66.1 cm³/mol. The van der Waals surface area contributed by atoms with Gasteiger partial charge in [-0.15, -0.1) is 0 Å². The van der Waals surface area contributed by atoms with E-state index in [4.69, 9.17) is 0 Å². The fourth-order valence-electron chi connectivity index (χ4n) is 1.79. The molecule has 1 atom stereocenters. The van der Waals surface area contributed by atoms with E-state index in [1.165, 1.54) is 0 Å². The van der Waals surface area contributed by atoms with Gasteiger partial charge in [-0.25, -0.2) is 4.68 Å². The van der Waals surface area contributed by atoms with Crippen LogP contribution in [-0.2, 0) is 6.42 Å². The summed E-state index contributed by atoms with van der Waals surface area (Å²) < 4.78 is 1.79. The molecule has 0 aliphatic heterocycles. The molecule has 2 heterocycles. The molecule has 1 N–H and O–H groups in total. The minimum absolute atomic E-state index is 0.531. The summed E-state index contributed by atoms with van der Waals surface area (Å²) in [5.41, 5.74) is 3.67. The summed E-state index contributed by atoms with van der Waals surface area (Å²) in [6.07, 6.45) is 2.08. The van der Waals surface area contributed by atoms with E-state index in [1.54, 1.807) is 17.8 Å². The molecule has 0 spiro atoms. The molecule has 0 saturated carbocycles. The van der Waals surface area contributed by atoms with Gasteiger partial charge in [0.15, 0.2) is 0 Å². The van der Waals surface area contributed by atoms with Crippen molar-refractivity contribution in [3.63, 3.8) is 0 Å². The lowest BCUT2D eigenvalue weighted by atomic mass is 10.2. The average molecular weight is 231 g/mol. The van der Waals surface area contributed by atoms with Crippen LogP contribution in [0.25, 0.3) is 5.69 Å². The third-order valence-electron chi connectivity index (χ3n) is 2.70. The monoisotopic (exact) mass is 231 g/mol. The normalized spacial score (nSPS) is 12.7. The van der Waals surface area contributed by atoms with Gasteiger partial charge in [0.25, 0.3) is 0 Å². The number of aliphatic hydroxyl groups is 1. The van der Waals surface area contributed by atoms with E-state index in [2.05, 4.69) is 17.0 Å². The van der Waals surface area contributed by atoms with E-state index in [1.807, 2.05) is 25.1 Å². The maximum Gasteiger partial charge on any atom is 0.0933 e. The quantitative estimate of drug-likeness (QED) is 0.881. The zero-order chi connectivity index (χ0) is 12.4. The maximum absolute atomic E-state index is 9.77. The molecule has 17 heavy (non-hydrogen) atoms. The summed E-state index contributed by atoms with van der Waals surface area (Å²) in [5, 5.41) is 14.3. The van der Waals surface area contributed by atoms with Crippen molar-refractivity contribution in [2.24, 2.45) is 0 Å². The van der Waals surface area contributed by atoms with Gasteiger partial charge >= 0.3 is 0 Å². The van der Waals surface area contributed by atoms with E-state index in [0.717, 1.165) is 29.2 Å². The van der Waals surface area contributed by atoms with Crippen LogP contribution in [0.1, 0.15) is 37.0 Å². The fourth-order valence-corrected chi connectivity index (χ4v) is 1.79. The largest absolute Gasteiger partial charge is 0.387 e. The molecule has 0 aromatic carbocycles. The van der Waals surface area contributed by atoms with Crippen molar-refractivity contribution in [3.05, 3.63) is 41.5 Å². The first-order chi connectivity index (χ1) is 8.11. The second-order valence-electron chi connectivity index (χ2n) is 4.16. The number of rotatable bonds is 3. The lowest BCUT2D eigenvalue weighted by Gasteiger charge is -2.09. The van der Waals surface area contributed by atoms with Gasteiger partial charge in [0, 0.05) is 11.9 Å². The maximum atomic E-state index is 9.77. The summed E-state index contributed by atoms with van der Waals surface area (Å²) in [7, 11) is 0. The van der Waals surface area contributed by atoms with Gasteiger partial charge in [-0.05, 0) is 38.5 Å². The van der Waals surface area contributed by atoms with Gasteiger partial charge in [-0.1, -0.05) is 6.92 Å². The Morgan fingerprint density at radius 3 is 2.76 bits per heavy atom. The van der Waals surface area contributed by atoms with Gasteiger partial charge < -0.3 is 5.11 Å². The number of hydrogen-bond donors (Lipinski definition) is 1. The van der Waals surface area contributed by atoms with Crippen molar-refractivity contribution >= 4 is 0 Å². The van der Waals surface area contributed by atoms with Crippen molar-refractivity contribution in [3.8, 4) is 5.69 Å². The second kappa shape index (κ2) is 4.67. The fraction of sp³-hybridized carbons (Fsp3) is 0.385. The van der Waals surface area contributed by atoms with Crippen LogP contribution in [0.15, 0.2) is 24.4 Å². The molecule has 0 saturated heterocycles. The van der Waals surface area contributed by atoms with Crippen LogP contribution >= 0.6 is 0 Å². The van der Waals surface area contributed by atoms with Crippen LogP contribution in [0, 0.1) is 6.92 Å².